The predicted octanol–water partition coefficient (Wildman–Crippen LogP) is 5.13. The molecule has 2 aromatic heterocycles. The minimum Gasteiger partial charge on any atom is -0.453 e. The Balaban J connectivity index is 0.000000184. The van der Waals surface area contributed by atoms with E-state index in [0.717, 1.165) is 13.0 Å². The summed E-state index contributed by atoms with van der Waals surface area (Å²) in [6.07, 6.45) is 2.22. The number of rotatable bonds is 6. The minimum absolute atomic E-state index is 0.0127. The van der Waals surface area contributed by atoms with Gasteiger partial charge in [0, 0.05) is 53.7 Å². The molecule has 4 atom stereocenters. The molecule has 1 amide bonds. The number of amides is 1. The van der Waals surface area contributed by atoms with Crippen molar-refractivity contribution in [2.24, 2.45) is 0 Å². The lowest BCUT2D eigenvalue weighted by molar-refractivity contribution is 0.0811. The standard InChI is InChI=1S/C17H18F2N2O4.C15H16F2N2O2/c1-24-17(23)21-6-5-10(15-9-16(22)20-25-15)7-11(21)8-12-13(18)3-2-4-14(12)19;16-12-2-1-3-13(17)11(12)7-10-6-9(4-5-18-10)14-8-15(20)19-21-14/h2-4,9-11H,5-8H2,1H3,(H,20,22);1-3,8-10,18H,4-7H2,(H,19,20)/t10-,11+;9-,10+/m00/s1. The van der Waals surface area contributed by atoms with Gasteiger partial charge in [-0.2, -0.15) is 10.3 Å². The summed E-state index contributed by atoms with van der Waals surface area (Å²) in [5.41, 5.74) is -0.578. The van der Waals surface area contributed by atoms with Crippen LogP contribution in [0.1, 0.15) is 60.2 Å². The van der Waals surface area contributed by atoms with Crippen LogP contribution in [0.5, 0.6) is 0 Å². The van der Waals surface area contributed by atoms with Crippen LogP contribution in [0.25, 0.3) is 0 Å². The number of likely N-dealkylation sites (tertiary alicyclic amines) is 1. The zero-order chi connectivity index (χ0) is 32.8. The van der Waals surface area contributed by atoms with Crippen LogP contribution in [-0.4, -0.2) is 53.6 Å². The lowest BCUT2D eigenvalue weighted by Crippen LogP contribution is -2.46. The zero-order valence-corrected chi connectivity index (χ0v) is 25.0. The molecule has 2 aliphatic heterocycles. The van der Waals surface area contributed by atoms with E-state index in [1.165, 1.54) is 60.5 Å². The van der Waals surface area contributed by atoms with Crippen LogP contribution >= 0.6 is 0 Å². The van der Waals surface area contributed by atoms with Crippen molar-refractivity contribution >= 4 is 6.09 Å². The number of nitrogens with zero attached hydrogens (tertiary/aromatic N) is 1. The SMILES string of the molecule is COC(=O)N1CC[C@H](c2cc(=O)[nH]o2)C[C@@H]1Cc1c(F)cccc1F.O=c1cc([C@H]2CCN[C@@H](Cc3c(F)cccc3F)C2)o[nH]1. The van der Waals surface area contributed by atoms with E-state index in [4.69, 9.17) is 13.8 Å². The Morgan fingerprint density at radius 1 is 0.826 bits per heavy atom. The fourth-order valence-electron chi connectivity index (χ4n) is 6.21. The van der Waals surface area contributed by atoms with Crippen LogP contribution in [0, 0.1) is 23.3 Å². The van der Waals surface area contributed by atoms with Gasteiger partial charge in [0.15, 0.2) is 0 Å². The smallest absolute Gasteiger partial charge is 0.409 e. The zero-order valence-electron chi connectivity index (χ0n) is 25.0. The van der Waals surface area contributed by atoms with Crippen LogP contribution in [-0.2, 0) is 17.6 Å². The maximum atomic E-state index is 14.0. The summed E-state index contributed by atoms with van der Waals surface area (Å²) < 4.78 is 70.5. The summed E-state index contributed by atoms with van der Waals surface area (Å²) in [7, 11) is 1.26. The largest absolute Gasteiger partial charge is 0.453 e. The number of ether oxygens (including phenoxy) is 1. The van der Waals surface area contributed by atoms with Gasteiger partial charge >= 0.3 is 6.09 Å². The normalized spacial score (nSPS) is 21.4. The summed E-state index contributed by atoms with van der Waals surface area (Å²) in [5.74, 6) is -1.29. The number of carbonyl (C=O) groups excluding carboxylic acids is 1. The maximum absolute atomic E-state index is 14.0. The average Bonchev–Trinajstić information content (AvgIpc) is 3.69. The van der Waals surface area contributed by atoms with E-state index < -0.39 is 35.4 Å². The van der Waals surface area contributed by atoms with E-state index in [1.54, 1.807) is 0 Å². The van der Waals surface area contributed by atoms with Crippen molar-refractivity contribution in [1.29, 1.82) is 0 Å². The van der Waals surface area contributed by atoms with Gasteiger partial charge in [0.2, 0.25) is 0 Å². The Labute approximate surface area is 260 Å². The summed E-state index contributed by atoms with van der Waals surface area (Å²) in [5, 5.41) is 7.78. The van der Waals surface area contributed by atoms with Crippen LogP contribution < -0.4 is 16.4 Å². The third-order valence-electron chi connectivity index (χ3n) is 8.52. The van der Waals surface area contributed by atoms with Gasteiger partial charge in [-0.1, -0.05) is 12.1 Å². The number of methoxy groups -OCH3 is 1. The van der Waals surface area contributed by atoms with E-state index in [0.29, 0.717) is 37.3 Å². The Hall–Kier alpha value is -4.59. The number of halogens is 4. The van der Waals surface area contributed by atoms with Gasteiger partial charge < -0.3 is 24.0 Å². The monoisotopic (exact) mass is 646 g/mol. The molecule has 0 aliphatic carbocycles. The third-order valence-corrected chi connectivity index (χ3v) is 8.52. The van der Waals surface area contributed by atoms with Gasteiger partial charge in [-0.3, -0.25) is 9.59 Å². The highest BCUT2D eigenvalue weighted by Crippen LogP contribution is 2.34. The molecule has 0 radical (unpaired) electrons. The molecule has 4 aromatic rings. The van der Waals surface area contributed by atoms with Crippen molar-refractivity contribution in [3.05, 3.63) is 115 Å². The van der Waals surface area contributed by atoms with Gasteiger partial charge in [0.05, 0.1) is 7.11 Å². The number of H-pyrrole nitrogens is 2. The van der Waals surface area contributed by atoms with Crippen LogP contribution in [0.15, 0.2) is 67.2 Å². The second kappa shape index (κ2) is 14.7. The molecule has 246 valence electrons. The van der Waals surface area contributed by atoms with E-state index in [1.807, 2.05) is 0 Å². The number of hydrogen-bond donors (Lipinski definition) is 3. The number of hydrogen-bond acceptors (Lipinski definition) is 7. The van der Waals surface area contributed by atoms with Crippen LogP contribution in [0.4, 0.5) is 22.4 Å². The Morgan fingerprint density at radius 3 is 1.85 bits per heavy atom. The van der Waals surface area contributed by atoms with Gasteiger partial charge in [-0.15, -0.1) is 0 Å². The van der Waals surface area contributed by atoms with Crippen LogP contribution in [0.3, 0.4) is 0 Å². The lowest BCUT2D eigenvalue weighted by atomic mass is 9.86. The van der Waals surface area contributed by atoms with Crippen molar-refractivity contribution in [2.75, 3.05) is 20.2 Å². The molecule has 2 aromatic carbocycles. The van der Waals surface area contributed by atoms with Crippen molar-refractivity contribution < 1.29 is 36.1 Å². The summed E-state index contributed by atoms with van der Waals surface area (Å²) in [6, 6.07) is 9.85. The first-order valence-corrected chi connectivity index (χ1v) is 14.9. The number of nitrogens with one attached hydrogen (secondary N) is 3. The average molecular weight is 647 g/mol. The Morgan fingerprint density at radius 2 is 1.35 bits per heavy atom. The fraction of sp³-hybridized carbons (Fsp3) is 0.406. The van der Waals surface area contributed by atoms with Gasteiger partial charge in [0.25, 0.3) is 11.1 Å². The quantitative estimate of drug-likeness (QED) is 0.248. The molecule has 3 N–H and O–H groups in total. The molecular weight excluding hydrogens is 612 g/mol. The first kappa shape index (κ1) is 32.8. The molecule has 0 unspecified atom stereocenters. The summed E-state index contributed by atoms with van der Waals surface area (Å²) in [4.78, 5) is 35.9. The summed E-state index contributed by atoms with van der Waals surface area (Å²) >= 11 is 0. The Bertz CT molecular complexity index is 1710. The highest BCUT2D eigenvalue weighted by Gasteiger charge is 2.35. The predicted molar refractivity (Wildman–Crippen MR) is 157 cm³/mol. The first-order chi connectivity index (χ1) is 22.1. The first-order valence-electron chi connectivity index (χ1n) is 14.9. The maximum Gasteiger partial charge on any atom is 0.409 e. The highest BCUT2D eigenvalue weighted by molar-refractivity contribution is 5.68. The van der Waals surface area contributed by atoms with Crippen molar-refractivity contribution in [3.8, 4) is 0 Å². The molecule has 2 saturated heterocycles. The van der Waals surface area contributed by atoms with Gasteiger partial charge in [0.1, 0.15) is 34.8 Å². The van der Waals surface area contributed by atoms with Crippen LogP contribution in [0.2, 0.25) is 0 Å². The van der Waals surface area contributed by atoms with E-state index in [-0.39, 0.29) is 53.0 Å². The number of aromatic amines is 2. The summed E-state index contributed by atoms with van der Waals surface area (Å²) in [6.45, 7) is 1.06. The molecule has 46 heavy (non-hydrogen) atoms. The van der Waals surface area contributed by atoms with Crippen molar-refractivity contribution in [1.82, 2.24) is 20.5 Å². The van der Waals surface area contributed by atoms with E-state index in [2.05, 4.69) is 15.6 Å². The second-order valence-electron chi connectivity index (χ2n) is 11.4. The Kier molecular flexibility index (Phi) is 10.5. The number of piperidine rings is 2. The molecular formula is C32H34F4N4O6. The molecule has 14 heteroatoms. The molecule has 0 spiro atoms. The molecule has 2 aliphatic rings. The van der Waals surface area contributed by atoms with Gasteiger partial charge in [-0.25, -0.2) is 22.4 Å². The minimum atomic E-state index is -0.653. The molecule has 0 saturated carbocycles. The van der Waals surface area contributed by atoms with Gasteiger partial charge in [-0.05, 0) is 69.3 Å². The number of aromatic nitrogens is 2. The third kappa shape index (κ3) is 7.79. The fourth-order valence-corrected chi connectivity index (χ4v) is 6.21. The molecule has 10 nitrogen and oxygen atoms in total. The lowest BCUT2D eigenvalue weighted by Gasteiger charge is -2.38. The second-order valence-corrected chi connectivity index (χ2v) is 11.4. The molecule has 4 heterocycles. The molecule has 2 fully saturated rings. The van der Waals surface area contributed by atoms with Crippen molar-refractivity contribution in [2.45, 2.75) is 62.4 Å². The van der Waals surface area contributed by atoms with E-state index >= 15 is 0 Å². The molecule has 6 rings (SSSR count). The molecule has 0 bridgehead atoms. The highest BCUT2D eigenvalue weighted by atomic mass is 19.1. The van der Waals surface area contributed by atoms with Crippen molar-refractivity contribution in [3.63, 3.8) is 0 Å². The number of carbonyl (C=O) groups is 1. The van der Waals surface area contributed by atoms with E-state index in [9.17, 15) is 31.9 Å². The number of benzene rings is 2. The topological polar surface area (TPSA) is 134 Å².